The maximum atomic E-state index is 11.1. The van der Waals surface area contributed by atoms with Crippen LogP contribution in [0.5, 0.6) is 0 Å². The summed E-state index contributed by atoms with van der Waals surface area (Å²) in [4.78, 5) is 15.4. The predicted octanol–water partition coefficient (Wildman–Crippen LogP) is 0.996. The Hall–Kier alpha value is -1.68. The number of carbonyl (C=O) groups excluding carboxylic acids is 1. The fraction of sp³-hybridized carbons (Fsp3) is 0.200. The molecule has 0 amide bonds. The van der Waals surface area contributed by atoms with E-state index in [1.807, 2.05) is 16.7 Å². The highest BCUT2D eigenvalue weighted by molar-refractivity contribution is 5.94. The lowest BCUT2D eigenvalue weighted by molar-refractivity contribution is 0.101. The van der Waals surface area contributed by atoms with Crippen molar-refractivity contribution in [3.05, 3.63) is 35.8 Å². The van der Waals surface area contributed by atoms with Gasteiger partial charge in [0.15, 0.2) is 5.78 Å². The minimum Gasteiger partial charge on any atom is -0.325 e. The van der Waals surface area contributed by atoms with Crippen molar-refractivity contribution in [2.45, 2.75) is 13.5 Å². The lowest BCUT2D eigenvalue weighted by Gasteiger charge is -1.96. The van der Waals surface area contributed by atoms with E-state index in [2.05, 4.69) is 4.98 Å². The lowest BCUT2D eigenvalue weighted by atomic mass is 10.2. The van der Waals surface area contributed by atoms with E-state index < -0.39 is 0 Å². The van der Waals surface area contributed by atoms with E-state index >= 15 is 0 Å². The molecule has 14 heavy (non-hydrogen) atoms. The fourth-order valence-corrected chi connectivity index (χ4v) is 1.35. The molecule has 0 unspecified atom stereocenters. The molecule has 0 aliphatic heterocycles. The second kappa shape index (κ2) is 3.23. The topological polar surface area (TPSA) is 60.4 Å². The van der Waals surface area contributed by atoms with Crippen LogP contribution in [-0.4, -0.2) is 15.2 Å². The van der Waals surface area contributed by atoms with Crippen molar-refractivity contribution in [3.63, 3.8) is 0 Å². The van der Waals surface area contributed by atoms with Crippen LogP contribution in [-0.2, 0) is 6.54 Å². The number of carbonyl (C=O) groups is 1. The molecule has 0 bridgehead atoms. The van der Waals surface area contributed by atoms with E-state index in [1.54, 1.807) is 19.2 Å². The molecule has 0 aromatic carbocycles. The average Bonchev–Trinajstić information content (AvgIpc) is 2.58. The van der Waals surface area contributed by atoms with Gasteiger partial charge in [0, 0.05) is 24.5 Å². The molecule has 0 saturated carbocycles. The lowest BCUT2D eigenvalue weighted by Crippen LogP contribution is -1.95. The van der Waals surface area contributed by atoms with Gasteiger partial charge in [-0.2, -0.15) is 0 Å². The molecule has 0 atom stereocenters. The minimum absolute atomic E-state index is 0.0508. The number of Topliss-reactive ketones (excluding diaryl/α,β-unsaturated/α-hetero) is 1. The second-order valence-corrected chi connectivity index (χ2v) is 3.18. The maximum Gasteiger partial charge on any atom is 0.161 e. The number of rotatable bonds is 2. The molecule has 2 rings (SSSR count). The molecule has 4 nitrogen and oxygen atoms in total. The standard InChI is InChI=1S/C10H11N3O/c1-7(14)8-2-3-10-12-9(4-11)6-13(10)5-8/h2-3,5-6H,4,11H2,1H3. The Balaban J connectivity index is 2.59. The monoisotopic (exact) mass is 189 g/mol. The van der Waals surface area contributed by atoms with Crippen LogP contribution in [0.2, 0.25) is 0 Å². The third-order valence-corrected chi connectivity index (χ3v) is 2.12. The molecular formula is C10H11N3O. The third-order valence-electron chi connectivity index (χ3n) is 2.12. The molecule has 72 valence electrons. The zero-order valence-electron chi connectivity index (χ0n) is 7.90. The Morgan fingerprint density at radius 3 is 2.93 bits per heavy atom. The van der Waals surface area contributed by atoms with Crippen molar-refractivity contribution in [2.75, 3.05) is 0 Å². The van der Waals surface area contributed by atoms with Gasteiger partial charge in [0.2, 0.25) is 0 Å². The molecule has 4 heteroatoms. The molecule has 0 aliphatic carbocycles. The van der Waals surface area contributed by atoms with Gasteiger partial charge in [-0.05, 0) is 19.1 Å². The highest BCUT2D eigenvalue weighted by atomic mass is 16.1. The number of hydrogen-bond donors (Lipinski definition) is 1. The summed E-state index contributed by atoms with van der Waals surface area (Å²) in [6, 6.07) is 3.58. The largest absolute Gasteiger partial charge is 0.325 e. The average molecular weight is 189 g/mol. The van der Waals surface area contributed by atoms with Crippen molar-refractivity contribution < 1.29 is 4.79 Å². The maximum absolute atomic E-state index is 11.1. The van der Waals surface area contributed by atoms with Gasteiger partial charge in [-0.25, -0.2) is 4.98 Å². The Bertz CT molecular complexity index is 487. The number of nitrogens with zero attached hydrogens (tertiary/aromatic N) is 2. The van der Waals surface area contributed by atoms with Gasteiger partial charge >= 0.3 is 0 Å². The molecule has 2 N–H and O–H groups in total. The van der Waals surface area contributed by atoms with E-state index in [4.69, 9.17) is 5.73 Å². The van der Waals surface area contributed by atoms with Crippen LogP contribution in [0.25, 0.3) is 5.65 Å². The van der Waals surface area contributed by atoms with Crippen LogP contribution in [0.1, 0.15) is 23.0 Å². The first-order valence-electron chi connectivity index (χ1n) is 4.39. The van der Waals surface area contributed by atoms with Gasteiger partial charge in [0.1, 0.15) is 5.65 Å². The molecule has 2 aromatic heterocycles. The van der Waals surface area contributed by atoms with E-state index in [0.29, 0.717) is 12.1 Å². The van der Waals surface area contributed by atoms with Crippen LogP contribution >= 0.6 is 0 Å². The molecule has 0 saturated heterocycles. The number of hydrogen-bond acceptors (Lipinski definition) is 3. The molecule has 0 fully saturated rings. The summed E-state index contributed by atoms with van der Waals surface area (Å²) < 4.78 is 1.82. The van der Waals surface area contributed by atoms with Crippen LogP contribution in [0.3, 0.4) is 0 Å². The molecule has 2 aromatic rings. The zero-order valence-corrected chi connectivity index (χ0v) is 7.90. The van der Waals surface area contributed by atoms with Crippen LogP contribution in [0.15, 0.2) is 24.5 Å². The SMILES string of the molecule is CC(=O)c1ccc2nc(CN)cn2c1. The van der Waals surface area contributed by atoms with Crippen LogP contribution < -0.4 is 5.73 Å². The van der Waals surface area contributed by atoms with Gasteiger partial charge in [-0.3, -0.25) is 4.79 Å². The highest BCUT2D eigenvalue weighted by Gasteiger charge is 2.03. The second-order valence-electron chi connectivity index (χ2n) is 3.18. The first-order valence-corrected chi connectivity index (χ1v) is 4.39. The van der Waals surface area contributed by atoms with Gasteiger partial charge in [-0.1, -0.05) is 0 Å². The number of imidazole rings is 1. The van der Waals surface area contributed by atoms with E-state index in [9.17, 15) is 4.79 Å². The first-order chi connectivity index (χ1) is 6.70. The summed E-state index contributed by atoms with van der Waals surface area (Å²) in [5.41, 5.74) is 7.79. The van der Waals surface area contributed by atoms with Gasteiger partial charge < -0.3 is 10.1 Å². The normalized spacial score (nSPS) is 10.7. The fourth-order valence-electron chi connectivity index (χ4n) is 1.35. The Labute approximate surface area is 81.4 Å². The number of nitrogens with two attached hydrogens (primary N) is 1. The Morgan fingerprint density at radius 1 is 1.50 bits per heavy atom. The van der Waals surface area contributed by atoms with E-state index in [0.717, 1.165) is 11.3 Å². The minimum atomic E-state index is 0.0508. The number of aromatic nitrogens is 2. The molecule has 0 spiro atoms. The predicted molar refractivity (Wildman–Crippen MR) is 53.1 cm³/mol. The summed E-state index contributed by atoms with van der Waals surface area (Å²) in [6.45, 7) is 1.96. The van der Waals surface area contributed by atoms with E-state index in [-0.39, 0.29) is 5.78 Å². The van der Waals surface area contributed by atoms with Crippen molar-refractivity contribution in [2.24, 2.45) is 5.73 Å². The molecule has 0 radical (unpaired) electrons. The summed E-state index contributed by atoms with van der Waals surface area (Å²) in [6.07, 6.45) is 3.60. The molecular weight excluding hydrogens is 178 g/mol. The summed E-state index contributed by atoms with van der Waals surface area (Å²) in [7, 11) is 0. The highest BCUT2D eigenvalue weighted by Crippen LogP contribution is 2.07. The van der Waals surface area contributed by atoms with Crippen molar-refractivity contribution in [3.8, 4) is 0 Å². The quantitative estimate of drug-likeness (QED) is 0.717. The van der Waals surface area contributed by atoms with Crippen molar-refractivity contribution >= 4 is 11.4 Å². The van der Waals surface area contributed by atoms with Crippen LogP contribution in [0.4, 0.5) is 0 Å². The third kappa shape index (κ3) is 1.40. The number of ketones is 1. The van der Waals surface area contributed by atoms with E-state index in [1.165, 1.54) is 0 Å². The number of fused-ring (bicyclic) bond motifs is 1. The Morgan fingerprint density at radius 2 is 2.29 bits per heavy atom. The summed E-state index contributed by atoms with van der Waals surface area (Å²) >= 11 is 0. The molecule has 0 aliphatic rings. The van der Waals surface area contributed by atoms with Crippen molar-refractivity contribution in [1.29, 1.82) is 0 Å². The van der Waals surface area contributed by atoms with Gasteiger partial charge in [-0.15, -0.1) is 0 Å². The van der Waals surface area contributed by atoms with Gasteiger partial charge in [0.05, 0.1) is 5.69 Å². The first kappa shape index (κ1) is 8.90. The van der Waals surface area contributed by atoms with Gasteiger partial charge in [0.25, 0.3) is 0 Å². The number of pyridine rings is 1. The van der Waals surface area contributed by atoms with Crippen LogP contribution in [0, 0.1) is 0 Å². The zero-order chi connectivity index (χ0) is 10.1. The summed E-state index contributed by atoms with van der Waals surface area (Å²) in [5, 5.41) is 0. The molecule has 2 heterocycles. The smallest absolute Gasteiger partial charge is 0.161 e. The summed E-state index contributed by atoms with van der Waals surface area (Å²) in [5.74, 6) is 0.0508. The Kier molecular flexibility index (Phi) is 2.05. The van der Waals surface area contributed by atoms with Crippen molar-refractivity contribution in [1.82, 2.24) is 9.38 Å².